The lowest BCUT2D eigenvalue weighted by Gasteiger charge is -2.29. The van der Waals surface area contributed by atoms with E-state index in [0.29, 0.717) is 12.1 Å². The average molecular weight is 344 g/mol. The van der Waals surface area contributed by atoms with Crippen LogP contribution in [0.15, 0.2) is 54.6 Å². The molecular formula is C18H20N2O3S. The second kappa shape index (κ2) is 6.65. The molecule has 0 bridgehead atoms. The molecule has 2 amide bonds. The van der Waals surface area contributed by atoms with Crippen LogP contribution >= 0.6 is 0 Å². The summed E-state index contributed by atoms with van der Waals surface area (Å²) in [6, 6.07) is 16.0. The minimum absolute atomic E-state index is 0.00352. The molecule has 1 heterocycles. The maximum atomic E-state index is 12.9. The van der Waals surface area contributed by atoms with Crippen molar-refractivity contribution in [3.05, 3.63) is 60.2 Å². The standard InChI is InChI=1S/C18H20N2O3S/c1-14-7-5-6-10-17(14)20(16-11-12-24(22,23)13-16)18(21)19-15-8-3-2-4-9-15/h2-10,16H,11-13H2,1H3,(H,19,21). The Labute approximate surface area is 142 Å². The van der Waals surface area contributed by atoms with Gasteiger partial charge in [0.25, 0.3) is 0 Å². The van der Waals surface area contributed by atoms with Crippen molar-refractivity contribution in [3.63, 3.8) is 0 Å². The van der Waals surface area contributed by atoms with Gasteiger partial charge in [0.05, 0.1) is 17.5 Å². The summed E-state index contributed by atoms with van der Waals surface area (Å²) < 4.78 is 23.8. The highest BCUT2D eigenvalue weighted by Gasteiger charge is 2.36. The molecule has 1 atom stereocenters. The van der Waals surface area contributed by atoms with E-state index in [0.717, 1.165) is 11.3 Å². The van der Waals surface area contributed by atoms with Crippen molar-refractivity contribution in [3.8, 4) is 0 Å². The molecule has 0 aliphatic carbocycles. The number of aryl methyl sites for hydroxylation is 1. The Kier molecular flexibility index (Phi) is 4.57. The quantitative estimate of drug-likeness (QED) is 0.930. The van der Waals surface area contributed by atoms with Crippen LogP contribution in [0.5, 0.6) is 0 Å². The summed E-state index contributed by atoms with van der Waals surface area (Å²) in [6.07, 6.45) is 0.457. The fourth-order valence-corrected chi connectivity index (χ4v) is 4.69. The number of amides is 2. The molecule has 0 saturated carbocycles. The van der Waals surface area contributed by atoms with Crippen LogP contribution in [0.3, 0.4) is 0 Å². The van der Waals surface area contributed by atoms with Crippen molar-refractivity contribution in [2.45, 2.75) is 19.4 Å². The fourth-order valence-electron chi connectivity index (χ4n) is 2.99. The summed E-state index contributed by atoms with van der Waals surface area (Å²) in [4.78, 5) is 14.5. The van der Waals surface area contributed by atoms with Crippen LogP contribution < -0.4 is 10.2 Å². The monoisotopic (exact) mass is 344 g/mol. The second-order valence-electron chi connectivity index (χ2n) is 6.01. The number of nitrogens with zero attached hydrogens (tertiary/aromatic N) is 1. The lowest BCUT2D eigenvalue weighted by atomic mass is 10.1. The number of benzene rings is 2. The third-order valence-corrected chi connectivity index (χ3v) is 5.94. The number of nitrogens with one attached hydrogen (secondary N) is 1. The molecule has 6 heteroatoms. The Morgan fingerprint density at radius 3 is 2.38 bits per heavy atom. The van der Waals surface area contributed by atoms with Crippen molar-refractivity contribution in [2.75, 3.05) is 21.7 Å². The van der Waals surface area contributed by atoms with Crippen LogP contribution in [-0.4, -0.2) is 32.0 Å². The molecule has 5 nitrogen and oxygen atoms in total. The minimum Gasteiger partial charge on any atom is -0.308 e. The normalized spacial score (nSPS) is 19.0. The van der Waals surface area contributed by atoms with Crippen LogP contribution in [-0.2, 0) is 9.84 Å². The third-order valence-electron chi connectivity index (χ3n) is 4.19. The summed E-state index contributed by atoms with van der Waals surface area (Å²) >= 11 is 0. The Bertz CT molecular complexity index is 834. The molecule has 0 aromatic heterocycles. The van der Waals surface area contributed by atoms with Crippen LogP contribution in [0.4, 0.5) is 16.2 Å². The summed E-state index contributed by atoms with van der Waals surface area (Å²) in [5.41, 5.74) is 2.36. The molecule has 1 saturated heterocycles. The van der Waals surface area contributed by atoms with Crippen molar-refractivity contribution in [1.82, 2.24) is 0 Å². The minimum atomic E-state index is -3.09. The first-order chi connectivity index (χ1) is 11.5. The summed E-state index contributed by atoms with van der Waals surface area (Å²) in [5, 5.41) is 2.86. The Hall–Kier alpha value is -2.34. The van der Waals surface area contributed by atoms with Crippen molar-refractivity contribution >= 4 is 27.2 Å². The number of hydrogen-bond acceptors (Lipinski definition) is 3. The van der Waals surface area contributed by atoms with E-state index < -0.39 is 9.84 Å². The number of rotatable bonds is 3. The summed E-state index contributed by atoms with van der Waals surface area (Å²) in [7, 11) is -3.09. The lowest BCUT2D eigenvalue weighted by Crippen LogP contribution is -2.44. The van der Waals surface area contributed by atoms with Crippen LogP contribution in [0.2, 0.25) is 0 Å². The summed E-state index contributed by atoms with van der Waals surface area (Å²) in [5.74, 6) is 0.127. The Balaban J connectivity index is 1.93. The highest BCUT2D eigenvalue weighted by Crippen LogP contribution is 2.28. The predicted molar refractivity (Wildman–Crippen MR) is 96.2 cm³/mol. The zero-order valence-corrected chi connectivity index (χ0v) is 14.3. The van der Waals surface area contributed by atoms with Gasteiger partial charge >= 0.3 is 6.03 Å². The SMILES string of the molecule is Cc1ccccc1N(C(=O)Nc1ccccc1)C1CCS(=O)(=O)C1. The average Bonchev–Trinajstić information content (AvgIpc) is 2.90. The van der Waals surface area contributed by atoms with Gasteiger partial charge in [-0.05, 0) is 37.1 Å². The van der Waals surface area contributed by atoms with E-state index in [1.54, 1.807) is 17.0 Å². The van der Waals surface area contributed by atoms with E-state index in [-0.39, 0.29) is 23.6 Å². The van der Waals surface area contributed by atoms with Gasteiger partial charge in [0.15, 0.2) is 9.84 Å². The first-order valence-corrected chi connectivity index (χ1v) is 9.70. The predicted octanol–water partition coefficient (Wildman–Crippen LogP) is 3.22. The Morgan fingerprint density at radius 1 is 1.08 bits per heavy atom. The van der Waals surface area contributed by atoms with Crippen molar-refractivity contribution < 1.29 is 13.2 Å². The van der Waals surface area contributed by atoms with Crippen LogP contribution in [0, 0.1) is 6.92 Å². The van der Waals surface area contributed by atoms with Gasteiger partial charge in [-0.2, -0.15) is 0 Å². The maximum Gasteiger partial charge on any atom is 0.326 e. The Morgan fingerprint density at radius 2 is 1.75 bits per heavy atom. The highest BCUT2D eigenvalue weighted by atomic mass is 32.2. The van der Waals surface area contributed by atoms with Gasteiger partial charge in [-0.1, -0.05) is 36.4 Å². The molecule has 1 fully saturated rings. The lowest BCUT2D eigenvalue weighted by molar-refractivity contribution is 0.255. The zero-order valence-electron chi connectivity index (χ0n) is 13.5. The van der Waals surface area contributed by atoms with E-state index >= 15 is 0 Å². The molecule has 1 unspecified atom stereocenters. The topological polar surface area (TPSA) is 66.5 Å². The van der Waals surface area contributed by atoms with Crippen LogP contribution in [0.1, 0.15) is 12.0 Å². The molecule has 1 N–H and O–H groups in total. The van der Waals surface area contributed by atoms with Gasteiger partial charge in [-0.25, -0.2) is 13.2 Å². The van der Waals surface area contributed by atoms with Gasteiger partial charge in [0, 0.05) is 11.4 Å². The smallest absolute Gasteiger partial charge is 0.308 e. The number of sulfone groups is 1. The fraction of sp³-hybridized carbons (Fsp3) is 0.278. The highest BCUT2D eigenvalue weighted by molar-refractivity contribution is 7.91. The number of hydrogen-bond donors (Lipinski definition) is 1. The van der Waals surface area contributed by atoms with E-state index in [2.05, 4.69) is 5.32 Å². The molecule has 0 radical (unpaired) electrons. The summed E-state index contributed by atoms with van der Waals surface area (Å²) in [6.45, 7) is 1.92. The van der Waals surface area contributed by atoms with E-state index in [1.165, 1.54) is 0 Å². The number of anilines is 2. The van der Waals surface area contributed by atoms with E-state index in [4.69, 9.17) is 0 Å². The molecular weight excluding hydrogens is 324 g/mol. The van der Waals surface area contributed by atoms with Gasteiger partial charge in [0.2, 0.25) is 0 Å². The first kappa shape index (κ1) is 16.5. The van der Waals surface area contributed by atoms with Gasteiger partial charge in [-0.15, -0.1) is 0 Å². The van der Waals surface area contributed by atoms with Crippen LogP contribution in [0.25, 0.3) is 0 Å². The molecule has 2 aromatic rings. The maximum absolute atomic E-state index is 12.9. The van der Waals surface area contributed by atoms with Gasteiger partial charge in [-0.3, -0.25) is 4.90 Å². The zero-order chi connectivity index (χ0) is 17.2. The number of carbonyl (C=O) groups is 1. The molecule has 1 aliphatic heterocycles. The molecule has 3 rings (SSSR count). The molecule has 0 spiro atoms. The van der Waals surface area contributed by atoms with Crippen molar-refractivity contribution in [2.24, 2.45) is 0 Å². The number of carbonyl (C=O) groups excluding carboxylic acids is 1. The molecule has 126 valence electrons. The van der Waals surface area contributed by atoms with Gasteiger partial charge in [0.1, 0.15) is 0 Å². The molecule has 24 heavy (non-hydrogen) atoms. The van der Waals surface area contributed by atoms with E-state index in [9.17, 15) is 13.2 Å². The van der Waals surface area contributed by atoms with Gasteiger partial charge < -0.3 is 5.32 Å². The molecule has 1 aliphatic rings. The molecule has 2 aromatic carbocycles. The first-order valence-electron chi connectivity index (χ1n) is 7.87. The third kappa shape index (κ3) is 3.59. The second-order valence-corrected chi connectivity index (χ2v) is 8.24. The number of urea groups is 1. The number of para-hydroxylation sites is 2. The van der Waals surface area contributed by atoms with E-state index in [1.807, 2.05) is 49.4 Å². The van der Waals surface area contributed by atoms with Crippen molar-refractivity contribution in [1.29, 1.82) is 0 Å². The largest absolute Gasteiger partial charge is 0.326 e.